The Morgan fingerprint density at radius 2 is 1.14 bits per heavy atom. The van der Waals surface area contributed by atoms with Crippen molar-refractivity contribution in [3.05, 3.63) is 182 Å². The summed E-state index contributed by atoms with van der Waals surface area (Å²) in [7, 11) is 0. The summed E-state index contributed by atoms with van der Waals surface area (Å²) in [6.07, 6.45) is 0. The lowest BCUT2D eigenvalue weighted by Gasteiger charge is -2.26. The van der Waals surface area contributed by atoms with Gasteiger partial charge in [-0.05, 0) is 87.9 Å². The lowest BCUT2D eigenvalue weighted by Crippen LogP contribution is -2.09. The van der Waals surface area contributed by atoms with E-state index in [0.717, 1.165) is 72.0 Å². The van der Waals surface area contributed by atoms with Crippen LogP contribution in [0.3, 0.4) is 0 Å². The molecule has 56 heavy (non-hydrogen) atoms. The molecule has 0 saturated heterocycles. The molecule has 0 aliphatic heterocycles. The molecular formula is C51H30N2O2S. The Balaban J connectivity index is 1.04. The van der Waals surface area contributed by atoms with Gasteiger partial charge < -0.3 is 13.7 Å². The summed E-state index contributed by atoms with van der Waals surface area (Å²) < 4.78 is 15.8. The smallest absolute Gasteiger partial charge is 0.228 e. The highest BCUT2D eigenvalue weighted by Crippen LogP contribution is 2.45. The van der Waals surface area contributed by atoms with E-state index in [-0.39, 0.29) is 0 Å². The van der Waals surface area contributed by atoms with Gasteiger partial charge >= 0.3 is 0 Å². The fourth-order valence-electron chi connectivity index (χ4n) is 8.48. The largest absolute Gasteiger partial charge is 0.456 e. The molecule has 4 nitrogen and oxygen atoms in total. The van der Waals surface area contributed by atoms with E-state index in [1.54, 1.807) is 0 Å². The van der Waals surface area contributed by atoms with Gasteiger partial charge in [0.05, 0.1) is 0 Å². The first-order valence-corrected chi connectivity index (χ1v) is 19.6. The van der Waals surface area contributed by atoms with Gasteiger partial charge in [0.25, 0.3) is 0 Å². The lowest BCUT2D eigenvalue weighted by atomic mass is 10.0. The minimum atomic E-state index is 0.581. The lowest BCUT2D eigenvalue weighted by molar-refractivity contribution is 0.623. The molecule has 262 valence electrons. The fourth-order valence-corrected chi connectivity index (χ4v) is 9.63. The highest BCUT2D eigenvalue weighted by molar-refractivity contribution is 7.26. The maximum absolute atomic E-state index is 6.67. The van der Waals surface area contributed by atoms with Crippen LogP contribution in [0.5, 0.6) is 0 Å². The van der Waals surface area contributed by atoms with Crippen molar-refractivity contribution in [2.45, 2.75) is 0 Å². The Kier molecular flexibility index (Phi) is 6.76. The van der Waals surface area contributed by atoms with Crippen molar-refractivity contribution in [3.8, 4) is 22.6 Å². The van der Waals surface area contributed by atoms with Crippen LogP contribution in [0.15, 0.2) is 191 Å². The minimum absolute atomic E-state index is 0.581. The average Bonchev–Trinajstić information content (AvgIpc) is 3.97. The van der Waals surface area contributed by atoms with Crippen LogP contribution < -0.4 is 4.90 Å². The normalized spacial score (nSPS) is 11.9. The number of anilines is 3. The number of hydrogen-bond acceptors (Lipinski definition) is 5. The minimum Gasteiger partial charge on any atom is -0.456 e. The van der Waals surface area contributed by atoms with E-state index in [9.17, 15) is 0 Å². The summed E-state index contributed by atoms with van der Waals surface area (Å²) in [5, 5.41) is 9.32. The molecule has 0 unspecified atom stereocenters. The van der Waals surface area contributed by atoms with Gasteiger partial charge in [0.2, 0.25) is 5.89 Å². The predicted molar refractivity (Wildman–Crippen MR) is 235 cm³/mol. The van der Waals surface area contributed by atoms with Crippen molar-refractivity contribution in [2.24, 2.45) is 0 Å². The van der Waals surface area contributed by atoms with Crippen LogP contribution in [0.1, 0.15) is 0 Å². The van der Waals surface area contributed by atoms with Crippen molar-refractivity contribution in [3.63, 3.8) is 0 Å². The second kappa shape index (κ2) is 12.2. The molecule has 9 aromatic carbocycles. The first-order valence-electron chi connectivity index (χ1n) is 18.8. The van der Waals surface area contributed by atoms with Crippen LogP contribution >= 0.6 is 11.3 Å². The molecule has 0 radical (unpaired) electrons. The number of oxazole rings is 1. The van der Waals surface area contributed by atoms with Gasteiger partial charge in [-0.3, -0.25) is 0 Å². The first-order chi connectivity index (χ1) is 27.7. The molecule has 0 atom stereocenters. The SMILES string of the molecule is c1ccc(-c2cccc(N(c3ccc4c(c3)oc3cccc(-c5nc6ccc7ccccc7c6o5)c34)c3ccc4c(c3)sc3ccc5ccccc5c34)c2)cc1. The third-order valence-corrected chi connectivity index (χ3v) is 12.2. The summed E-state index contributed by atoms with van der Waals surface area (Å²) in [4.78, 5) is 7.31. The molecular weight excluding hydrogens is 705 g/mol. The maximum Gasteiger partial charge on any atom is 0.228 e. The fraction of sp³-hybridized carbons (Fsp3) is 0. The van der Waals surface area contributed by atoms with Crippen molar-refractivity contribution in [1.29, 1.82) is 0 Å². The summed E-state index contributed by atoms with van der Waals surface area (Å²) >= 11 is 1.85. The number of nitrogens with zero attached hydrogens (tertiary/aromatic N) is 2. The van der Waals surface area contributed by atoms with Crippen molar-refractivity contribution in [2.75, 3.05) is 4.90 Å². The molecule has 0 aliphatic carbocycles. The number of benzene rings is 9. The van der Waals surface area contributed by atoms with Gasteiger partial charge in [-0.2, -0.15) is 0 Å². The maximum atomic E-state index is 6.67. The van der Waals surface area contributed by atoms with Crippen LogP contribution in [0.4, 0.5) is 17.1 Å². The molecule has 3 aromatic heterocycles. The van der Waals surface area contributed by atoms with E-state index in [0.29, 0.717) is 5.89 Å². The van der Waals surface area contributed by atoms with Crippen molar-refractivity contribution < 1.29 is 8.83 Å². The predicted octanol–water partition coefficient (Wildman–Crippen LogP) is 15.2. The highest BCUT2D eigenvalue weighted by Gasteiger charge is 2.21. The number of rotatable bonds is 5. The van der Waals surface area contributed by atoms with Gasteiger partial charge in [-0.25, -0.2) is 4.98 Å². The van der Waals surface area contributed by atoms with Gasteiger partial charge in [-0.15, -0.1) is 11.3 Å². The Hall–Kier alpha value is -7.21. The summed E-state index contributed by atoms with van der Waals surface area (Å²) in [6, 6.07) is 64.4. The number of aromatic nitrogens is 1. The zero-order chi connectivity index (χ0) is 36.7. The highest BCUT2D eigenvalue weighted by atomic mass is 32.1. The molecule has 0 aliphatic rings. The molecule has 0 spiro atoms. The van der Waals surface area contributed by atoms with Crippen LogP contribution in [0.25, 0.3) is 97.3 Å². The number of hydrogen-bond donors (Lipinski definition) is 0. The van der Waals surface area contributed by atoms with Crippen molar-refractivity contribution >= 4 is 103 Å². The standard InChI is InChI=1S/C51H30N2O2S/c1-2-10-31(11-3-1)34-14-8-15-35(28-34)53(37-23-25-41-47(30-37)56-46-27-21-32-12-4-6-16-38(32)49(41)46)36-22-24-40-45(29-36)54-44-19-9-18-42(48(40)44)51-52-43-26-20-33-13-5-7-17-39(33)50(43)55-51/h1-30H. The average molecular weight is 735 g/mol. The van der Waals surface area contributed by atoms with Crippen LogP contribution in [-0.2, 0) is 0 Å². The van der Waals surface area contributed by atoms with E-state index in [2.05, 4.69) is 157 Å². The summed E-state index contributed by atoms with van der Waals surface area (Å²) in [5.41, 5.74) is 9.60. The third kappa shape index (κ3) is 4.81. The summed E-state index contributed by atoms with van der Waals surface area (Å²) in [5.74, 6) is 0.581. The molecule has 0 saturated carbocycles. The Morgan fingerprint density at radius 1 is 0.429 bits per heavy atom. The summed E-state index contributed by atoms with van der Waals surface area (Å²) in [6.45, 7) is 0. The quantitative estimate of drug-likeness (QED) is 0.177. The zero-order valence-corrected chi connectivity index (χ0v) is 30.8. The molecule has 5 heteroatoms. The van der Waals surface area contributed by atoms with E-state index < -0.39 is 0 Å². The van der Waals surface area contributed by atoms with Crippen molar-refractivity contribution in [1.82, 2.24) is 4.98 Å². The molecule has 0 N–H and O–H groups in total. The van der Waals surface area contributed by atoms with Crippen LogP contribution in [0.2, 0.25) is 0 Å². The van der Waals surface area contributed by atoms with Crippen LogP contribution in [-0.4, -0.2) is 4.98 Å². The van der Waals surface area contributed by atoms with E-state index in [1.807, 2.05) is 41.7 Å². The van der Waals surface area contributed by atoms with Crippen LogP contribution in [0, 0.1) is 0 Å². The molecule has 3 heterocycles. The molecule has 0 bridgehead atoms. The molecule has 12 rings (SSSR count). The monoisotopic (exact) mass is 734 g/mol. The van der Waals surface area contributed by atoms with Gasteiger partial charge in [0.1, 0.15) is 16.7 Å². The van der Waals surface area contributed by atoms with E-state index in [1.165, 1.54) is 36.5 Å². The van der Waals surface area contributed by atoms with E-state index in [4.69, 9.17) is 13.8 Å². The van der Waals surface area contributed by atoms with Gasteiger partial charge in [0.15, 0.2) is 5.58 Å². The second-order valence-corrected chi connectivity index (χ2v) is 15.4. The Labute approximate surface area is 325 Å². The molecule has 0 fully saturated rings. The second-order valence-electron chi connectivity index (χ2n) is 14.3. The van der Waals surface area contributed by atoms with E-state index >= 15 is 0 Å². The Bertz CT molecular complexity index is 3500. The first kappa shape index (κ1) is 31.2. The third-order valence-electron chi connectivity index (χ3n) is 11.1. The number of furan rings is 1. The Morgan fingerprint density at radius 3 is 2.04 bits per heavy atom. The molecule has 12 aromatic rings. The molecule has 0 amide bonds. The zero-order valence-electron chi connectivity index (χ0n) is 29.9. The van der Waals surface area contributed by atoms with Gasteiger partial charge in [-0.1, -0.05) is 115 Å². The number of thiophene rings is 1. The number of fused-ring (bicyclic) bond motifs is 11. The topological polar surface area (TPSA) is 42.4 Å². The van der Waals surface area contributed by atoms with Gasteiger partial charge in [0, 0.05) is 65.0 Å².